The number of benzene rings is 1. The quantitative estimate of drug-likeness (QED) is 0.545. The Balaban J connectivity index is 1.92. The average Bonchev–Trinajstić information content (AvgIpc) is 2.99. The number of nitrogens with zero attached hydrogens (tertiary/aromatic N) is 4. The molecule has 7 nitrogen and oxygen atoms in total. The van der Waals surface area contributed by atoms with Crippen LogP contribution in [-0.2, 0) is 9.59 Å². The van der Waals surface area contributed by atoms with Crippen LogP contribution >= 0.6 is 0 Å². The number of imidazole rings is 1. The highest BCUT2D eigenvalue weighted by molar-refractivity contribution is 5.93. The molecule has 0 spiro atoms. The number of aromatic nitrogens is 2. The van der Waals surface area contributed by atoms with Crippen LogP contribution in [0.4, 0.5) is 10.3 Å². The third-order valence-corrected chi connectivity index (χ3v) is 6.40. The molecule has 190 valence electrons. The fraction of sp³-hybridized carbons (Fsp3) is 0.519. The van der Waals surface area contributed by atoms with Crippen LogP contribution < -0.4 is 5.32 Å². The van der Waals surface area contributed by atoms with Gasteiger partial charge in [-0.3, -0.25) is 14.9 Å². The molecule has 0 radical (unpaired) electrons. The number of aryl methyl sites for hydroxylation is 1. The molecule has 0 saturated carbocycles. The van der Waals surface area contributed by atoms with Crippen LogP contribution in [0.3, 0.4) is 0 Å². The number of hydrogen-bond acceptors (Lipinski definition) is 4. The number of nitrogens with one attached hydrogen (secondary N) is 1. The van der Waals surface area contributed by atoms with Crippen molar-refractivity contribution < 1.29 is 14.0 Å². The summed E-state index contributed by atoms with van der Waals surface area (Å²) in [5.41, 5.74) is 2.84. The number of rotatable bonds is 8. The van der Waals surface area contributed by atoms with E-state index in [0.717, 1.165) is 35.9 Å². The molecule has 1 aliphatic rings. The van der Waals surface area contributed by atoms with Crippen molar-refractivity contribution in [3.63, 3.8) is 0 Å². The SMILES string of the molecule is C/C(F)=C\CC(C)C(=O)Nc1nc2cccc(C)c2n1C1CCCCN(C(=O)/C=C/CN(C)C)C1. The van der Waals surface area contributed by atoms with Crippen molar-refractivity contribution in [3.05, 3.63) is 47.8 Å². The van der Waals surface area contributed by atoms with Crippen molar-refractivity contribution in [3.8, 4) is 0 Å². The van der Waals surface area contributed by atoms with Crippen LogP contribution in [0.25, 0.3) is 11.0 Å². The number of hydrogen-bond donors (Lipinski definition) is 1. The van der Waals surface area contributed by atoms with Gasteiger partial charge in [0.1, 0.15) is 0 Å². The third-order valence-electron chi connectivity index (χ3n) is 6.40. The Kier molecular flexibility index (Phi) is 9.20. The standard InChI is InChI=1S/C27H38FN5O2/c1-19-10-8-12-23-25(19)33(27(29-23)30-26(35)20(2)14-15-21(3)28)22-11-6-7-17-32(18-22)24(34)13-9-16-31(4)5/h8-10,12-13,15,20,22H,6-7,11,14,16-18H2,1-5H3,(H,29,30,35)/b13-9+,21-15+. The van der Waals surface area contributed by atoms with Crippen molar-refractivity contribution >= 4 is 28.8 Å². The lowest BCUT2D eigenvalue weighted by Gasteiger charge is -2.26. The van der Waals surface area contributed by atoms with Crippen molar-refractivity contribution in [1.82, 2.24) is 19.4 Å². The molecule has 2 atom stereocenters. The Morgan fingerprint density at radius 2 is 2.09 bits per heavy atom. The highest BCUT2D eigenvalue weighted by Gasteiger charge is 2.27. The van der Waals surface area contributed by atoms with Crippen LogP contribution in [0.5, 0.6) is 0 Å². The van der Waals surface area contributed by atoms with E-state index in [-0.39, 0.29) is 23.7 Å². The molecule has 1 aromatic carbocycles. The minimum absolute atomic E-state index is 0.00693. The molecule has 2 heterocycles. The van der Waals surface area contributed by atoms with Crippen molar-refractivity contribution in [2.75, 3.05) is 39.0 Å². The van der Waals surface area contributed by atoms with E-state index in [1.807, 2.05) is 55.1 Å². The summed E-state index contributed by atoms with van der Waals surface area (Å²) in [6.45, 7) is 7.15. The summed E-state index contributed by atoms with van der Waals surface area (Å²) in [5.74, 6) is -0.411. The van der Waals surface area contributed by atoms with Crippen molar-refractivity contribution in [2.24, 2.45) is 5.92 Å². The van der Waals surface area contributed by atoms with E-state index in [2.05, 4.69) is 9.88 Å². The summed E-state index contributed by atoms with van der Waals surface area (Å²) in [4.78, 5) is 34.6. The summed E-state index contributed by atoms with van der Waals surface area (Å²) < 4.78 is 15.3. The first-order valence-corrected chi connectivity index (χ1v) is 12.4. The topological polar surface area (TPSA) is 70.5 Å². The van der Waals surface area contributed by atoms with E-state index in [1.54, 1.807) is 13.0 Å². The molecule has 8 heteroatoms. The Morgan fingerprint density at radius 3 is 2.80 bits per heavy atom. The highest BCUT2D eigenvalue weighted by atomic mass is 19.1. The Hall–Kier alpha value is -3.00. The number of allylic oxidation sites excluding steroid dienone is 2. The number of halogens is 1. The Labute approximate surface area is 207 Å². The maximum absolute atomic E-state index is 13.2. The van der Waals surface area contributed by atoms with Crippen LogP contribution in [0.2, 0.25) is 0 Å². The first-order valence-electron chi connectivity index (χ1n) is 12.4. The minimum atomic E-state index is -0.399. The second-order valence-corrected chi connectivity index (χ2v) is 9.76. The smallest absolute Gasteiger partial charge is 0.246 e. The number of carbonyl (C=O) groups is 2. The number of para-hydroxylation sites is 1. The van der Waals surface area contributed by atoms with E-state index in [0.29, 0.717) is 32.0 Å². The monoisotopic (exact) mass is 483 g/mol. The summed E-state index contributed by atoms with van der Waals surface area (Å²) in [6, 6.07) is 5.91. The average molecular weight is 484 g/mol. The number of amides is 2. The predicted octanol–water partition coefficient (Wildman–Crippen LogP) is 4.85. The number of likely N-dealkylation sites (N-methyl/N-ethyl adjacent to an activating group) is 1. The lowest BCUT2D eigenvalue weighted by atomic mass is 10.1. The van der Waals surface area contributed by atoms with Gasteiger partial charge >= 0.3 is 0 Å². The van der Waals surface area contributed by atoms with Gasteiger partial charge in [0, 0.05) is 31.6 Å². The molecule has 3 rings (SSSR count). The summed E-state index contributed by atoms with van der Waals surface area (Å²) in [6.07, 6.45) is 8.08. The Morgan fingerprint density at radius 1 is 1.31 bits per heavy atom. The maximum Gasteiger partial charge on any atom is 0.246 e. The molecule has 2 amide bonds. The van der Waals surface area contributed by atoms with Gasteiger partial charge in [0.05, 0.1) is 22.9 Å². The van der Waals surface area contributed by atoms with Crippen molar-refractivity contribution in [2.45, 2.75) is 52.5 Å². The fourth-order valence-electron chi connectivity index (χ4n) is 4.44. The van der Waals surface area contributed by atoms with E-state index < -0.39 is 5.92 Å². The normalized spacial score (nSPS) is 18.3. The molecule has 2 aromatic rings. The molecule has 0 aliphatic carbocycles. The lowest BCUT2D eigenvalue weighted by Crippen LogP contribution is -2.35. The molecule has 1 aliphatic heterocycles. The third kappa shape index (κ3) is 7.01. The van der Waals surface area contributed by atoms with E-state index >= 15 is 0 Å². The van der Waals surface area contributed by atoms with Gasteiger partial charge in [0.2, 0.25) is 17.8 Å². The number of likely N-dealkylation sites (tertiary alicyclic amines) is 1. The molecular weight excluding hydrogens is 445 g/mol. The zero-order chi connectivity index (χ0) is 25.5. The molecule has 2 unspecified atom stereocenters. The van der Waals surface area contributed by atoms with Gasteiger partial charge in [-0.15, -0.1) is 0 Å². The van der Waals surface area contributed by atoms with E-state index in [1.165, 1.54) is 13.0 Å². The maximum atomic E-state index is 13.2. The minimum Gasteiger partial charge on any atom is -0.337 e. The molecule has 35 heavy (non-hydrogen) atoms. The molecule has 1 aromatic heterocycles. The van der Waals surface area contributed by atoms with Gasteiger partial charge < -0.3 is 14.4 Å². The summed E-state index contributed by atoms with van der Waals surface area (Å²) >= 11 is 0. The van der Waals surface area contributed by atoms with E-state index in [9.17, 15) is 14.0 Å². The van der Waals surface area contributed by atoms with Crippen molar-refractivity contribution in [1.29, 1.82) is 0 Å². The van der Waals surface area contributed by atoms with Gasteiger partial charge in [0.15, 0.2) is 0 Å². The van der Waals surface area contributed by atoms with Crippen LogP contribution in [-0.4, -0.2) is 64.9 Å². The van der Waals surface area contributed by atoms with Gasteiger partial charge in [0.25, 0.3) is 0 Å². The summed E-state index contributed by atoms with van der Waals surface area (Å²) in [7, 11) is 3.93. The van der Waals surface area contributed by atoms with Gasteiger partial charge in [-0.1, -0.05) is 31.2 Å². The lowest BCUT2D eigenvalue weighted by molar-refractivity contribution is -0.126. The second kappa shape index (κ2) is 12.1. The van der Waals surface area contributed by atoms with Crippen LogP contribution in [0, 0.1) is 12.8 Å². The Bertz CT molecular complexity index is 1100. The van der Waals surface area contributed by atoms with Crippen LogP contribution in [0.15, 0.2) is 42.3 Å². The fourth-order valence-corrected chi connectivity index (χ4v) is 4.44. The first-order chi connectivity index (χ1) is 16.7. The van der Waals surface area contributed by atoms with Gasteiger partial charge in [-0.05, 0) is 65.3 Å². The highest BCUT2D eigenvalue weighted by Crippen LogP contribution is 2.32. The zero-order valence-corrected chi connectivity index (χ0v) is 21.6. The number of carbonyl (C=O) groups excluding carboxylic acids is 2. The predicted molar refractivity (Wildman–Crippen MR) is 139 cm³/mol. The number of anilines is 1. The largest absolute Gasteiger partial charge is 0.337 e. The summed E-state index contributed by atoms with van der Waals surface area (Å²) in [5, 5.41) is 3.00. The molecule has 1 N–H and O–H groups in total. The molecule has 1 saturated heterocycles. The zero-order valence-electron chi connectivity index (χ0n) is 21.6. The molecule has 1 fully saturated rings. The second-order valence-electron chi connectivity index (χ2n) is 9.76. The molecular formula is C27H38FN5O2. The number of fused-ring (bicyclic) bond motifs is 1. The first kappa shape index (κ1) is 26.6. The van der Waals surface area contributed by atoms with E-state index in [4.69, 9.17) is 4.98 Å². The van der Waals surface area contributed by atoms with Gasteiger partial charge in [-0.2, -0.15) is 0 Å². The van der Waals surface area contributed by atoms with Crippen LogP contribution in [0.1, 0.15) is 51.1 Å². The van der Waals surface area contributed by atoms with Gasteiger partial charge in [-0.25, -0.2) is 9.37 Å². The molecule has 0 bridgehead atoms.